The van der Waals surface area contributed by atoms with Gasteiger partial charge in [-0.25, -0.2) is 9.18 Å². The van der Waals surface area contributed by atoms with Gasteiger partial charge in [0.15, 0.2) is 6.10 Å². The Bertz CT molecular complexity index is 1020. The van der Waals surface area contributed by atoms with Gasteiger partial charge in [0.2, 0.25) is 0 Å². The van der Waals surface area contributed by atoms with Crippen molar-refractivity contribution in [3.05, 3.63) is 101 Å². The first-order valence-electron chi connectivity index (χ1n) is 8.45. The van der Waals surface area contributed by atoms with Crippen LogP contribution in [-0.4, -0.2) is 11.1 Å². The predicted molar refractivity (Wildman–Crippen MR) is 98.2 cm³/mol. The van der Waals surface area contributed by atoms with Crippen LogP contribution >= 0.6 is 0 Å². The van der Waals surface area contributed by atoms with Crippen LogP contribution in [0.25, 0.3) is 0 Å². The quantitative estimate of drug-likeness (QED) is 0.701. The second kappa shape index (κ2) is 7.30. The first-order chi connectivity index (χ1) is 13.2. The largest absolute Gasteiger partial charge is 0.439 e. The number of halogens is 1. The third-order valence-corrected chi connectivity index (χ3v) is 4.22. The molecule has 1 fully saturated rings. The number of benzene rings is 2. The highest BCUT2D eigenvalue weighted by atomic mass is 19.1. The van der Waals surface area contributed by atoms with Gasteiger partial charge in [-0.1, -0.05) is 42.2 Å². The number of amides is 1. The Morgan fingerprint density at radius 1 is 0.963 bits per heavy atom. The number of rotatable bonds is 2. The fourth-order valence-corrected chi connectivity index (χ4v) is 2.92. The highest BCUT2D eigenvalue weighted by Gasteiger charge is 2.37. The van der Waals surface area contributed by atoms with Crippen molar-refractivity contribution >= 4 is 6.09 Å². The normalized spacial score (nSPS) is 18.2. The minimum Gasteiger partial charge on any atom is -0.439 e. The van der Waals surface area contributed by atoms with Crippen LogP contribution in [0.15, 0.2) is 72.9 Å². The second-order valence-electron chi connectivity index (χ2n) is 6.09. The number of carbonyl (C=O) groups is 1. The van der Waals surface area contributed by atoms with E-state index < -0.39 is 18.2 Å². The number of aromatic nitrogens is 1. The maximum Gasteiger partial charge on any atom is 0.408 e. The summed E-state index contributed by atoms with van der Waals surface area (Å²) in [5.74, 6) is 5.75. The van der Waals surface area contributed by atoms with Gasteiger partial charge in [-0.2, -0.15) is 0 Å². The van der Waals surface area contributed by atoms with Gasteiger partial charge in [0, 0.05) is 17.3 Å². The SMILES string of the molecule is O=C1N[C@@H](c2ccc(C#Cc3ccccc3)cn2)[C@H](c2cccc(F)c2)O1. The Hall–Kier alpha value is -3.65. The molecule has 0 radical (unpaired) electrons. The number of carbonyl (C=O) groups excluding carboxylic acids is 1. The summed E-state index contributed by atoms with van der Waals surface area (Å²) in [5.41, 5.74) is 2.88. The van der Waals surface area contributed by atoms with Gasteiger partial charge >= 0.3 is 6.09 Å². The fraction of sp³-hybridized carbons (Fsp3) is 0.0909. The first kappa shape index (κ1) is 16.8. The summed E-state index contributed by atoms with van der Waals surface area (Å²) < 4.78 is 18.9. The van der Waals surface area contributed by atoms with Gasteiger partial charge < -0.3 is 10.1 Å². The van der Waals surface area contributed by atoms with E-state index in [2.05, 4.69) is 22.1 Å². The molecule has 0 bridgehead atoms. The molecule has 1 saturated heterocycles. The molecule has 1 N–H and O–H groups in total. The summed E-state index contributed by atoms with van der Waals surface area (Å²) in [6, 6.07) is 18.8. The lowest BCUT2D eigenvalue weighted by Crippen LogP contribution is -2.20. The highest BCUT2D eigenvalue weighted by Crippen LogP contribution is 2.35. The summed E-state index contributed by atoms with van der Waals surface area (Å²) in [4.78, 5) is 16.2. The van der Waals surface area contributed by atoms with Crippen molar-refractivity contribution in [2.45, 2.75) is 12.1 Å². The second-order valence-corrected chi connectivity index (χ2v) is 6.09. The molecule has 0 unspecified atom stereocenters. The molecule has 1 aliphatic heterocycles. The van der Waals surface area contributed by atoms with Crippen LogP contribution in [0.1, 0.15) is 34.5 Å². The van der Waals surface area contributed by atoms with Crippen molar-refractivity contribution < 1.29 is 13.9 Å². The van der Waals surface area contributed by atoms with E-state index in [4.69, 9.17) is 4.74 Å². The average Bonchev–Trinajstić information content (AvgIpc) is 3.09. The van der Waals surface area contributed by atoms with Crippen molar-refractivity contribution in [2.75, 3.05) is 0 Å². The number of ether oxygens (including phenoxy) is 1. The van der Waals surface area contributed by atoms with Gasteiger partial charge in [0.1, 0.15) is 11.9 Å². The predicted octanol–water partition coefficient (Wildman–Crippen LogP) is 4.14. The zero-order valence-electron chi connectivity index (χ0n) is 14.2. The van der Waals surface area contributed by atoms with Crippen molar-refractivity contribution in [1.82, 2.24) is 10.3 Å². The fourth-order valence-electron chi connectivity index (χ4n) is 2.92. The van der Waals surface area contributed by atoms with Crippen LogP contribution in [0.3, 0.4) is 0 Å². The monoisotopic (exact) mass is 358 g/mol. The van der Waals surface area contributed by atoms with Gasteiger partial charge in [0.05, 0.1) is 5.69 Å². The lowest BCUT2D eigenvalue weighted by atomic mass is 9.99. The minimum atomic E-state index is -0.637. The van der Waals surface area contributed by atoms with Crippen molar-refractivity contribution in [2.24, 2.45) is 0 Å². The Balaban J connectivity index is 1.57. The number of alkyl carbamates (subject to hydrolysis) is 1. The minimum absolute atomic E-state index is 0.381. The molecule has 2 heterocycles. The van der Waals surface area contributed by atoms with E-state index in [-0.39, 0.29) is 5.82 Å². The Kier molecular flexibility index (Phi) is 4.54. The zero-order valence-corrected chi connectivity index (χ0v) is 14.2. The summed E-state index contributed by atoms with van der Waals surface area (Å²) in [5, 5.41) is 2.73. The van der Waals surface area contributed by atoms with Crippen LogP contribution < -0.4 is 5.32 Å². The summed E-state index contributed by atoms with van der Waals surface area (Å²) >= 11 is 0. The Morgan fingerprint density at radius 2 is 1.78 bits per heavy atom. The van der Waals surface area contributed by atoms with Gasteiger partial charge in [-0.3, -0.25) is 4.98 Å². The number of hydrogen-bond acceptors (Lipinski definition) is 3. The molecule has 2 atom stereocenters. The molecule has 27 heavy (non-hydrogen) atoms. The first-order valence-corrected chi connectivity index (χ1v) is 8.45. The molecule has 3 aromatic rings. The highest BCUT2D eigenvalue weighted by molar-refractivity contribution is 5.71. The van der Waals surface area contributed by atoms with Gasteiger partial charge in [-0.05, 0) is 42.0 Å². The topological polar surface area (TPSA) is 51.2 Å². The average molecular weight is 358 g/mol. The molecule has 0 saturated carbocycles. The van der Waals surface area contributed by atoms with E-state index in [1.807, 2.05) is 36.4 Å². The molecular formula is C22H15FN2O2. The lowest BCUT2D eigenvalue weighted by molar-refractivity contribution is 0.131. The Labute approximate surface area is 156 Å². The van der Waals surface area contributed by atoms with E-state index >= 15 is 0 Å². The van der Waals surface area contributed by atoms with E-state index in [0.29, 0.717) is 11.3 Å². The summed E-state index contributed by atoms with van der Waals surface area (Å²) in [6.45, 7) is 0. The van der Waals surface area contributed by atoms with E-state index in [1.165, 1.54) is 12.1 Å². The zero-order chi connectivity index (χ0) is 18.6. The smallest absolute Gasteiger partial charge is 0.408 e. The summed E-state index contributed by atoms with van der Waals surface area (Å²) in [6.07, 6.45) is 0.462. The van der Waals surface area contributed by atoms with Crippen LogP contribution in [0.5, 0.6) is 0 Å². The number of cyclic esters (lactones) is 1. The number of pyridine rings is 1. The lowest BCUT2D eigenvalue weighted by Gasteiger charge is -2.16. The molecule has 4 nitrogen and oxygen atoms in total. The van der Waals surface area contributed by atoms with Crippen LogP contribution in [0.2, 0.25) is 0 Å². The van der Waals surface area contributed by atoms with E-state index in [9.17, 15) is 9.18 Å². The summed E-state index contributed by atoms with van der Waals surface area (Å²) in [7, 11) is 0. The van der Waals surface area contributed by atoms with E-state index in [0.717, 1.165) is 11.1 Å². The van der Waals surface area contributed by atoms with Crippen LogP contribution in [0.4, 0.5) is 9.18 Å². The number of nitrogens with one attached hydrogen (secondary N) is 1. The van der Waals surface area contributed by atoms with Gasteiger partial charge in [0.25, 0.3) is 0 Å². The molecule has 1 aliphatic rings. The molecule has 4 rings (SSSR count). The molecule has 132 valence electrons. The molecule has 1 amide bonds. The van der Waals surface area contributed by atoms with Crippen molar-refractivity contribution in [1.29, 1.82) is 0 Å². The maximum absolute atomic E-state index is 13.5. The molecule has 5 heteroatoms. The number of nitrogens with zero attached hydrogens (tertiary/aromatic N) is 1. The maximum atomic E-state index is 13.5. The molecular weight excluding hydrogens is 343 g/mol. The molecule has 2 aromatic carbocycles. The number of hydrogen-bond donors (Lipinski definition) is 1. The standard InChI is InChI=1S/C22H15FN2O2/c23-18-8-4-7-17(13-18)21-20(25-22(26)27-21)19-12-11-16(14-24-19)10-9-15-5-2-1-3-6-15/h1-8,11-14,20-21H,(H,25,26)/t20-,21-/m0/s1. The van der Waals surface area contributed by atoms with Crippen LogP contribution in [0, 0.1) is 17.7 Å². The Morgan fingerprint density at radius 3 is 2.52 bits per heavy atom. The van der Waals surface area contributed by atoms with Crippen molar-refractivity contribution in [3.8, 4) is 11.8 Å². The van der Waals surface area contributed by atoms with Crippen molar-refractivity contribution in [3.63, 3.8) is 0 Å². The van der Waals surface area contributed by atoms with Crippen LogP contribution in [-0.2, 0) is 4.74 Å². The van der Waals surface area contributed by atoms with Gasteiger partial charge in [-0.15, -0.1) is 0 Å². The molecule has 1 aromatic heterocycles. The third kappa shape index (κ3) is 3.80. The van der Waals surface area contributed by atoms with E-state index in [1.54, 1.807) is 24.4 Å². The molecule has 0 spiro atoms. The molecule has 0 aliphatic carbocycles. The third-order valence-electron chi connectivity index (χ3n) is 4.22.